The van der Waals surface area contributed by atoms with Gasteiger partial charge in [-0.2, -0.15) is 0 Å². The summed E-state index contributed by atoms with van der Waals surface area (Å²) in [4.78, 5) is 16.7. The van der Waals surface area contributed by atoms with Gasteiger partial charge in [0, 0.05) is 6.20 Å². The molecule has 1 N–H and O–H groups in total. The molecule has 2 aromatic heterocycles. The van der Waals surface area contributed by atoms with Crippen molar-refractivity contribution >= 4 is 5.91 Å². The van der Waals surface area contributed by atoms with Crippen molar-refractivity contribution in [2.45, 2.75) is 27.0 Å². The smallest absolute Gasteiger partial charge is 0.255 e. The first kappa shape index (κ1) is 16.7. The first-order valence-electron chi connectivity index (χ1n) is 7.97. The molecule has 2 heterocycles. The quantitative estimate of drug-likeness (QED) is 0.747. The van der Waals surface area contributed by atoms with E-state index in [2.05, 4.69) is 15.5 Å². The average molecular weight is 337 g/mol. The van der Waals surface area contributed by atoms with E-state index < -0.39 is 0 Å². The highest BCUT2D eigenvalue weighted by molar-refractivity contribution is 5.96. The van der Waals surface area contributed by atoms with Gasteiger partial charge in [-0.25, -0.2) is 0 Å². The van der Waals surface area contributed by atoms with Crippen LogP contribution < -0.4 is 10.1 Å². The highest BCUT2D eigenvalue weighted by Crippen LogP contribution is 2.21. The molecule has 128 valence electrons. The topological polar surface area (TPSA) is 77.2 Å². The van der Waals surface area contributed by atoms with Crippen molar-refractivity contribution in [1.82, 2.24) is 15.5 Å². The summed E-state index contributed by atoms with van der Waals surface area (Å²) in [5, 5.41) is 6.77. The Morgan fingerprint density at radius 3 is 2.68 bits per heavy atom. The molecule has 1 aromatic carbocycles. The molecule has 0 aliphatic rings. The molecule has 0 spiro atoms. The van der Waals surface area contributed by atoms with Gasteiger partial charge in [-0.05, 0) is 38.1 Å². The lowest BCUT2D eigenvalue weighted by molar-refractivity contribution is 0.0946. The number of nitrogens with zero attached hydrogens (tertiary/aromatic N) is 2. The molecule has 6 heteroatoms. The van der Waals surface area contributed by atoms with E-state index in [1.807, 2.05) is 38.1 Å². The maximum atomic E-state index is 12.5. The maximum absolute atomic E-state index is 12.5. The van der Waals surface area contributed by atoms with Crippen molar-refractivity contribution in [1.29, 1.82) is 0 Å². The lowest BCUT2D eigenvalue weighted by Crippen LogP contribution is -2.23. The molecule has 0 atom stereocenters. The average Bonchev–Trinajstić information content (AvgIpc) is 2.97. The molecule has 0 aliphatic carbocycles. The van der Waals surface area contributed by atoms with Gasteiger partial charge < -0.3 is 14.6 Å². The number of carbonyl (C=O) groups excluding carboxylic acids is 1. The van der Waals surface area contributed by atoms with Crippen molar-refractivity contribution < 1.29 is 14.1 Å². The summed E-state index contributed by atoms with van der Waals surface area (Å²) in [5.74, 6) is 1.02. The first-order chi connectivity index (χ1) is 12.1. The van der Waals surface area contributed by atoms with Crippen LogP contribution in [0.5, 0.6) is 5.75 Å². The lowest BCUT2D eigenvalue weighted by Gasteiger charge is -2.11. The Morgan fingerprint density at radius 1 is 1.16 bits per heavy atom. The van der Waals surface area contributed by atoms with Gasteiger partial charge >= 0.3 is 0 Å². The zero-order valence-electron chi connectivity index (χ0n) is 14.2. The largest absolute Gasteiger partial charge is 0.488 e. The number of para-hydroxylation sites is 1. The van der Waals surface area contributed by atoms with Crippen LogP contribution >= 0.6 is 0 Å². The number of rotatable bonds is 6. The van der Waals surface area contributed by atoms with Crippen molar-refractivity contribution in [3.05, 3.63) is 76.9 Å². The Labute approximate surface area is 145 Å². The second kappa shape index (κ2) is 7.61. The third-order valence-corrected chi connectivity index (χ3v) is 3.84. The number of amides is 1. The summed E-state index contributed by atoms with van der Waals surface area (Å²) in [5.41, 5.74) is 2.95. The minimum absolute atomic E-state index is 0.208. The highest BCUT2D eigenvalue weighted by Gasteiger charge is 2.14. The molecule has 0 bridgehead atoms. The predicted octanol–water partition coefficient (Wildman–Crippen LogP) is 3.20. The van der Waals surface area contributed by atoms with E-state index in [0.29, 0.717) is 24.5 Å². The molecule has 0 aliphatic heterocycles. The normalized spacial score (nSPS) is 10.5. The number of aryl methyl sites for hydroxylation is 2. The van der Waals surface area contributed by atoms with Crippen molar-refractivity contribution in [3.8, 4) is 5.75 Å². The lowest BCUT2D eigenvalue weighted by atomic mass is 10.1. The Hall–Kier alpha value is -3.15. The number of nitrogens with one attached hydrogen (secondary N) is 1. The number of aromatic nitrogens is 2. The molecule has 0 unspecified atom stereocenters. The molecule has 3 aromatic rings. The van der Waals surface area contributed by atoms with Gasteiger partial charge in [-0.1, -0.05) is 23.4 Å². The van der Waals surface area contributed by atoms with E-state index >= 15 is 0 Å². The van der Waals surface area contributed by atoms with Crippen LogP contribution in [0.15, 0.2) is 53.2 Å². The monoisotopic (exact) mass is 337 g/mol. The fraction of sp³-hybridized carbons (Fsp3) is 0.211. The second-order valence-electron chi connectivity index (χ2n) is 5.59. The number of benzene rings is 1. The van der Waals surface area contributed by atoms with Gasteiger partial charge in [0.2, 0.25) is 0 Å². The van der Waals surface area contributed by atoms with Crippen LogP contribution in [0, 0.1) is 13.8 Å². The maximum Gasteiger partial charge on any atom is 0.255 e. The van der Waals surface area contributed by atoms with Crippen molar-refractivity contribution in [2.24, 2.45) is 0 Å². The number of ether oxygens (including phenoxy) is 1. The van der Waals surface area contributed by atoms with E-state index in [0.717, 1.165) is 22.7 Å². The summed E-state index contributed by atoms with van der Waals surface area (Å²) in [7, 11) is 0. The third kappa shape index (κ3) is 4.03. The Bertz CT molecular complexity index is 840. The van der Waals surface area contributed by atoms with E-state index in [1.165, 1.54) is 0 Å². The Kier molecular flexibility index (Phi) is 5.09. The van der Waals surface area contributed by atoms with Gasteiger partial charge in [0.05, 0.1) is 29.1 Å². The second-order valence-corrected chi connectivity index (χ2v) is 5.59. The summed E-state index contributed by atoms with van der Waals surface area (Å²) in [6.45, 7) is 4.36. The fourth-order valence-corrected chi connectivity index (χ4v) is 2.41. The molecule has 25 heavy (non-hydrogen) atoms. The van der Waals surface area contributed by atoms with Crippen LogP contribution in [0.25, 0.3) is 0 Å². The van der Waals surface area contributed by atoms with Crippen molar-refractivity contribution in [3.63, 3.8) is 0 Å². The molecule has 0 saturated carbocycles. The van der Waals surface area contributed by atoms with Crippen LogP contribution in [-0.2, 0) is 13.2 Å². The molecular weight excluding hydrogens is 318 g/mol. The van der Waals surface area contributed by atoms with Crippen LogP contribution in [0.2, 0.25) is 0 Å². The van der Waals surface area contributed by atoms with E-state index in [4.69, 9.17) is 9.26 Å². The SMILES string of the molecule is Cc1noc(C)c1COc1ccccc1C(=O)NCc1ccccn1. The van der Waals surface area contributed by atoms with Gasteiger partial charge in [0.15, 0.2) is 0 Å². The number of hydrogen-bond acceptors (Lipinski definition) is 5. The summed E-state index contributed by atoms with van der Waals surface area (Å²) < 4.78 is 11.0. The number of pyridine rings is 1. The molecule has 0 radical (unpaired) electrons. The predicted molar refractivity (Wildman–Crippen MR) is 92.2 cm³/mol. The zero-order chi connectivity index (χ0) is 17.6. The molecule has 6 nitrogen and oxygen atoms in total. The Morgan fingerprint density at radius 2 is 1.96 bits per heavy atom. The van der Waals surface area contributed by atoms with Crippen LogP contribution in [0.1, 0.15) is 33.1 Å². The highest BCUT2D eigenvalue weighted by atomic mass is 16.5. The minimum atomic E-state index is -0.208. The fourth-order valence-electron chi connectivity index (χ4n) is 2.41. The van der Waals surface area contributed by atoms with Crippen LogP contribution in [0.3, 0.4) is 0 Å². The summed E-state index contributed by atoms with van der Waals surface area (Å²) in [6, 6.07) is 12.7. The zero-order valence-corrected chi connectivity index (χ0v) is 14.2. The Balaban J connectivity index is 1.69. The molecular formula is C19H19N3O3. The summed E-state index contributed by atoms with van der Waals surface area (Å²) >= 11 is 0. The van der Waals surface area contributed by atoms with Crippen LogP contribution in [-0.4, -0.2) is 16.0 Å². The van der Waals surface area contributed by atoms with Gasteiger partial charge in [-0.15, -0.1) is 0 Å². The van der Waals surface area contributed by atoms with E-state index in [1.54, 1.807) is 24.4 Å². The molecule has 0 fully saturated rings. The van der Waals surface area contributed by atoms with Crippen molar-refractivity contribution in [2.75, 3.05) is 0 Å². The standard InChI is InChI=1S/C19H19N3O3/c1-13-17(14(2)25-22-13)12-24-18-9-4-3-8-16(18)19(23)21-11-15-7-5-6-10-20-15/h3-10H,11-12H2,1-2H3,(H,21,23). The third-order valence-electron chi connectivity index (χ3n) is 3.84. The van der Waals surface area contributed by atoms with E-state index in [-0.39, 0.29) is 5.91 Å². The molecule has 0 saturated heterocycles. The van der Waals surface area contributed by atoms with Gasteiger partial charge in [0.25, 0.3) is 5.91 Å². The number of carbonyl (C=O) groups is 1. The van der Waals surface area contributed by atoms with Crippen LogP contribution in [0.4, 0.5) is 0 Å². The molecule has 1 amide bonds. The number of hydrogen-bond donors (Lipinski definition) is 1. The van der Waals surface area contributed by atoms with Gasteiger partial charge in [-0.3, -0.25) is 9.78 Å². The minimum Gasteiger partial charge on any atom is -0.488 e. The molecule has 3 rings (SSSR count). The van der Waals surface area contributed by atoms with Gasteiger partial charge in [0.1, 0.15) is 18.1 Å². The summed E-state index contributed by atoms with van der Waals surface area (Å²) in [6.07, 6.45) is 1.70. The first-order valence-corrected chi connectivity index (χ1v) is 7.97. The van der Waals surface area contributed by atoms with E-state index in [9.17, 15) is 4.79 Å².